The zero-order valence-corrected chi connectivity index (χ0v) is 16.9. The van der Waals surface area contributed by atoms with Gasteiger partial charge < -0.3 is 9.84 Å². The molecule has 2 N–H and O–H groups in total. The summed E-state index contributed by atoms with van der Waals surface area (Å²) in [7, 11) is 0. The fraction of sp³-hybridized carbons (Fsp3) is 0.0476. The highest BCUT2D eigenvalue weighted by Crippen LogP contribution is 2.25. The van der Waals surface area contributed by atoms with Crippen molar-refractivity contribution in [1.82, 2.24) is 10.2 Å². The molecule has 1 aromatic heterocycles. The molecule has 150 valence electrons. The van der Waals surface area contributed by atoms with E-state index in [-0.39, 0.29) is 22.9 Å². The van der Waals surface area contributed by atoms with E-state index in [1.165, 1.54) is 6.07 Å². The SMILES string of the molecule is O=C(Nc1nnc(COc2ccc(Cl)cc2)s1)c1ccc2ccccc2c1C(=O)O. The van der Waals surface area contributed by atoms with Crippen molar-refractivity contribution in [3.8, 4) is 5.75 Å². The third-order valence-corrected chi connectivity index (χ3v) is 5.31. The lowest BCUT2D eigenvalue weighted by Gasteiger charge is -2.09. The van der Waals surface area contributed by atoms with E-state index < -0.39 is 11.9 Å². The molecule has 0 aliphatic rings. The Balaban J connectivity index is 1.50. The molecule has 0 unspecified atom stereocenters. The number of anilines is 1. The maximum atomic E-state index is 12.7. The summed E-state index contributed by atoms with van der Waals surface area (Å²) in [5, 5.41) is 22.8. The first kappa shape index (κ1) is 19.8. The molecule has 4 aromatic rings. The molecule has 0 saturated carbocycles. The van der Waals surface area contributed by atoms with Crippen molar-refractivity contribution >= 4 is 50.7 Å². The maximum Gasteiger partial charge on any atom is 0.337 e. The number of aromatic nitrogens is 2. The third kappa shape index (κ3) is 4.24. The van der Waals surface area contributed by atoms with Crippen LogP contribution in [0.5, 0.6) is 5.75 Å². The van der Waals surface area contributed by atoms with E-state index >= 15 is 0 Å². The highest BCUT2D eigenvalue weighted by atomic mass is 35.5. The smallest absolute Gasteiger partial charge is 0.337 e. The molecule has 3 aromatic carbocycles. The molecule has 0 spiro atoms. The summed E-state index contributed by atoms with van der Waals surface area (Å²) in [6.07, 6.45) is 0. The molecule has 30 heavy (non-hydrogen) atoms. The van der Waals surface area contributed by atoms with Crippen LogP contribution < -0.4 is 10.1 Å². The van der Waals surface area contributed by atoms with E-state index in [2.05, 4.69) is 15.5 Å². The van der Waals surface area contributed by atoms with Gasteiger partial charge in [-0.05, 0) is 41.1 Å². The highest BCUT2D eigenvalue weighted by molar-refractivity contribution is 7.15. The molecule has 0 aliphatic heterocycles. The average molecular weight is 440 g/mol. The van der Waals surface area contributed by atoms with Crippen LogP contribution in [0, 0.1) is 0 Å². The quantitative estimate of drug-likeness (QED) is 0.444. The minimum Gasteiger partial charge on any atom is -0.486 e. The van der Waals surface area contributed by atoms with Gasteiger partial charge in [-0.1, -0.05) is 53.3 Å². The Bertz CT molecular complexity index is 1240. The Kier molecular flexibility index (Phi) is 5.60. The van der Waals surface area contributed by atoms with Crippen molar-refractivity contribution in [3.63, 3.8) is 0 Å². The second-order valence-electron chi connectivity index (χ2n) is 6.21. The second-order valence-corrected chi connectivity index (χ2v) is 7.71. The van der Waals surface area contributed by atoms with Crippen molar-refractivity contribution in [2.75, 3.05) is 5.32 Å². The molecular formula is C21H14ClN3O4S. The molecule has 4 rings (SSSR count). The van der Waals surface area contributed by atoms with Gasteiger partial charge in [0.25, 0.3) is 5.91 Å². The number of nitrogens with one attached hydrogen (secondary N) is 1. The number of fused-ring (bicyclic) bond motifs is 1. The minimum atomic E-state index is -1.17. The van der Waals surface area contributed by atoms with E-state index in [0.29, 0.717) is 21.2 Å². The third-order valence-electron chi connectivity index (χ3n) is 4.25. The number of carboxylic acid groups (broad SMARTS) is 1. The first-order valence-corrected chi connectivity index (χ1v) is 9.98. The van der Waals surface area contributed by atoms with E-state index in [1.54, 1.807) is 48.5 Å². The lowest BCUT2D eigenvalue weighted by Crippen LogP contribution is -2.16. The molecule has 0 atom stereocenters. The highest BCUT2D eigenvalue weighted by Gasteiger charge is 2.20. The molecule has 0 fully saturated rings. The predicted octanol–water partition coefficient (Wildman–Crippen LogP) is 4.87. The Morgan fingerprint density at radius 1 is 1.03 bits per heavy atom. The first-order chi connectivity index (χ1) is 14.5. The van der Waals surface area contributed by atoms with Crippen LogP contribution in [0.25, 0.3) is 10.8 Å². The molecular weight excluding hydrogens is 426 g/mol. The topological polar surface area (TPSA) is 101 Å². The van der Waals surface area contributed by atoms with Gasteiger partial charge in [-0.2, -0.15) is 0 Å². The Morgan fingerprint density at radius 3 is 2.57 bits per heavy atom. The fourth-order valence-corrected chi connectivity index (χ4v) is 3.67. The van der Waals surface area contributed by atoms with Gasteiger partial charge in [-0.15, -0.1) is 10.2 Å². The zero-order valence-electron chi connectivity index (χ0n) is 15.3. The zero-order chi connectivity index (χ0) is 21.1. The number of hydrogen-bond acceptors (Lipinski definition) is 6. The van der Waals surface area contributed by atoms with Gasteiger partial charge in [0.05, 0.1) is 11.1 Å². The van der Waals surface area contributed by atoms with Crippen LogP contribution in [0.1, 0.15) is 25.7 Å². The average Bonchev–Trinajstić information content (AvgIpc) is 3.19. The van der Waals surface area contributed by atoms with Crippen molar-refractivity contribution in [1.29, 1.82) is 0 Å². The number of ether oxygens (including phenoxy) is 1. The molecule has 1 amide bonds. The van der Waals surface area contributed by atoms with Gasteiger partial charge >= 0.3 is 5.97 Å². The number of halogens is 1. The van der Waals surface area contributed by atoms with Crippen LogP contribution in [-0.2, 0) is 6.61 Å². The van der Waals surface area contributed by atoms with E-state index in [9.17, 15) is 14.7 Å². The number of benzene rings is 3. The first-order valence-electron chi connectivity index (χ1n) is 8.78. The molecule has 1 heterocycles. The number of aromatic carboxylic acids is 1. The minimum absolute atomic E-state index is 0.0513. The number of amides is 1. The van der Waals surface area contributed by atoms with Crippen LogP contribution in [-0.4, -0.2) is 27.2 Å². The summed E-state index contributed by atoms with van der Waals surface area (Å²) in [6, 6.07) is 17.1. The van der Waals surface area contributed by atoms with Crippen molar-refractivity contribution in [3.05, 3.63) is 81.8 Å². The van der Waals surface area contributed by atoms with Gasteiger partial charge in [0.15, 0.2) is 5.01 Å². The van der Waals surface area contributed by atoms with Gasteiger partial charge in [-0.25, -0.2) is 4.79 Å². The fourth-order valence-electron chi connectivity index (χ4n) is 2.89. The van der Waals surface area contributed by atoms with Crippen LogP contribution >= 0.6 is 22.9 Å². The predicted molar refractivity (Wildman–Crippen MR) is 115 cm³/mol. The monoisotopic (exact) mass is 439 g/mol. The number of carbonyl (C=O) groups excluding carboxylic acids is 1. The lowest BCUT2D eigenvalue weighted by atomic mass is 9.98. The van der Waals surface area contributed by atoms with Gasteiger partial charge in [0.2, 0.25) is 5.13 Å². The Labute approximate surface area is 179 Å². The standard InChI is InChI=1S/C21H14ClN3O4S/c22-13-6-8-14(9-7-13)29-11-17-24-25-21(30-17)23-19(26)16-10-5-12-3-1-2-4-15(12)18(16)20(27)28/h1-10H,11H2,(H,27,28)(H,23,25,26). The van der Waals surface area contributed by atoms with Crippen molar-refractivity contribution < 1.29 is 19.4 Å². The van der Waals surface area contributed by atoms with Crippen molar-refractivity contribution in [2.45, 2.75) is 6.61 Å². The van der Waals surface area contributed by atoms with E-state index in [4.69, 9.17) is 16.3 Å². The molecule has 9 heteroatoms. The largest absolute Gasteiger partial charge is 0.486 e. The molecule has 0 bridgehead atoms. The number of carbonyl (C=O) groups is 2. The van der Waals surface area contributed by atoms with Gasteiger partial charge in [0.1, 0.15) is 12.4 Å². The summed E-state index contributed by atoms with van der Waals surface area (Å²) < 4.78 is 5.61. The summed E-state index contributed by atoms with van der Waals surface area (Å²) in [5.74, 6) is -1.12. The van der Waals surface area contributed by atoms with Crippen LogP contribution in [0.3, 0.4) is 0 Å². The van der Waals surface area contributed by atoms with Crippen LogP contribution in [0.2, 0.25) is 5.02 Å². The summed E-state index contributed by atoms with van der Waals surface area (Å²) in [4.78, 5) is 24.5. The Hall–Kier alpha value is -3.49. The number of rotatable bonds is 6. The lowest BCUT2D eigenvalue weighted by molar-refractivity contribution is 0.0694. The number of carboxylic acids is 1. The van der Waals surface area contributed by atoms with E-state index in [0.717, 1.165) is 16.7 Å². The van der Waals surface area contributed by atoms with Crippen molar-refractivity contribution in [2.24, 2.45) is 0 Å². The second kappa shape index (κ2) is 8.48. The van der Waals surface area contributed by atoms with Crippen LogP contribution in [0.4, 0.5) is 5.13 Å². The maximum absolute atomic E-state index is 12.7. The summed E-state index contributed by atoms with van der Waals surface area (Å²) in [5.41, 5.74) is -0.00299. The molecule has 0 radical (unpaired) electrons. The summed E-state index contributed by atoms with van der Waals surface area (Å²) in [6.45, 7) is 0.172. The molecule has 0 saturated heterocycles. The molecule has 7 nitrogen and oxygen atoms in total. The van der Waals surface area contributed by atoms with Gasteiger partial charge in [0, 0.05) is 5.02 Å². The normalized spacial score (nSPS) is 10.7. The Morgan fingerprint density at radius 2 is 1.80 bits per heavy atom. The summed E-state index contributed by atoms with van der Waals surface area (Å²) >= 11 is 6.98. The number of hydrogen-bond donors (Lipinski definition) is 2. The van der Waals surface area contributed by atoms with Gasteiger partial charge in [-0.3, -0.25) is 10.1 Å². The van der Waals surface area contributed by atoms with E-state index in [1.807, 2.05) is 6.07 Å². The van der Waals surface area contributed by atoms with Crippen LogP contribution in [0.15, 0.2) is 60.7 Å². The number of nitrogens with zero attached hydrogens (tertiary/aromatic N) is 2. The molecule has 0 aliphatic carbocycles.